The number of amides is 1. The monoisotopic (exact) mass is 432 g/mol. The highest BCUT2D eigenvalue weighted by Crippen LogP contribution is 2.35. The number of rotatable bonds is 5. The first kappa shape index (κ1) is 18.3. The van der Waals surface area contributed by atoms with E-state index in [9.17, 15) is 4.79 Å². The molecule has 4 rings (SSSR count). The topological polar surface area (TPSA) is 60.0 Å². The molecule has 7 heteroatoms. The minimum Gasteiger partial charge on any atom is -0.454 e. The van der Waals surface area contributed by atoms with Gasteiger partial charge in [0, 0.05) is 24.1 Å². The normalized spacial score (nSPS) is 17.5. The molecule has 0 spiro atoms. The molecule has 2 aromatic rings. The van der Waals surface area contributed by atoms with Gasteiger partial charge in [0.25, 0.3) is 5.91 Å². The standard InChI is InChI=1S/C20H21BrN2O4/c21-16-4-2-1-3-15(16)20(24)22-12-17(23-7-9-25-10-8-23)14-5-6-18-19(11-14)27-13-26-18/h1-6,11,17H,7-10,12-13H2,(H,22,24)/t17-/m0/s1. The molecule has 1 amide bonds. The van der Waals surface area contributed by atoms with E-state index in [0.717, 1.165) is 34.6 Å². The number of carbonyl (C=O) groups excluding carboxylic acids is 1. The van der Waals surface area contributed by atoms with Crippen molar-refractivity contribution in [3.05, 3.63) is 58.1 Å². The fraction of sp³-hybridized carbons (Fsp3) is 0.350. The van der Waals surface area contributed by atoms with Crippen LogP contribution in [-0.2, 0) is 4.74 Å². The molecule has 2 aliphatic rings. The Morgan fingerprint density at radius 1 is 1.11 bits per heavy atom. The predicted molar refractivity (Wildman–Crippen MR) is 104 cm³/mol. The van der Waals surface area contributed by atoms with E-state index in [4.69, 9.17) is 14.2 Å². The first-order valence-electron chi connectivity index (χ1n) is 8.96. The van der Waals surface area contributed by atoms with Crippen molar-refractivity contribution in [1.29, 1.82) is 0 Å². The average Bonchev–Trinajstić information content (AvgIpc) is 3.17. The van der Waals surface area contributed by atoms with Crippen LogP contribution in [0.1, 0.15) is 22.0 Å². The van der Waals surface area contributed by atoms with Crippen molar-refractivity contribution in [3.8, 4) is 11.5 Å². The Hall–Kier alpha value is -2.09. The van der Waals surface area contributed by atoms with Gasteiger partial charge >= 0.3 is 0 Å². The molecular formula is C20H21BrN2O4. The van der Waals surface area contributed by atoms with Crippen molar-refractivity contribution in [1.82, 2.24) is 10.2 Å². The number of nitrogens with one attached hydrogen (secondary N) is 1. The molecule has 6 nitrogen and oxygen atoms in total. The lowest BCUT2D eigenvalue weighted by molar-refractivity contribution is 0.0162. The number of carbonyl (C=O) groups is 1. The number of hydrogen-bond acceptors (Lipinski definition) is 5. The molecule has 1 saturated heterocycles. The van der Waals surface area contributed by atoms with Crippen LogP contribution in [0.2, 0.25) is 0 Å². The minimum absolute atomic E-state index is 0.0369. The molecule has 1 atom stereocenters. The summed E-state index contributed by atoms with van der Waals surface area (Å²) < 4.78 is 17.2. The van der Waals surface area contributed by atoms with Crippen LogP contribution in [0, 0.1) is 0 Å². The first-order valence-corrected chi connectivity index (χ1v) is 9.76. The second-order valence-electron chi connectivity index (χ2n) is 6.47. The summed E-state index contributed by atoms with van der Waals surface area (Å²) in [7, 11) is 0. The number of benzene rings is 2. The summed E-state index contributed by atoms with van der Waals surface area (Å²) in [6.07, 6.45) is 0. The summed E-state index contributed by atoms with van der Waals surface area (Å²) in [5.41, 5.74) is 1.72. The van der Waals surface area contributed by atoms with Crippen LogP contribution in [-0.4, -0.2) is 50.4 Å². The second kappa shape index (κ2) is 8.29. The predicted octanol–water partition coefficient (Wildman–Crippen LogP) is 2.98. The molecule has 0 bridgehead atoms. The number of nitrogens with zero attached hydrogens (tertiary/aromatic N) is 1. The second-order valence-corrected chi connectivity index (χ2v) is 7.32. The maximum absolute atomic E-state index is 12.6. The number of halogens is 1. The SMILES string of the molecule is O=C(NC[C@@H](c1ccc2c(c1)OCO2)N1CCOCC1)c1ccccc1Br. The number of ether oxygens (including phenoxy) is 3. The van der Waals surface area contributed by atoms with Crippen molar-refractivity contribution in [2.24, 2.45) is 0 Å². The molecule has 2 aromatic carbocycles. The maximum atomic E-state index is 12.6. The van der Waals surface area contributed by atoms with Gasteiger partial charge in [0.15, 0.2) is 11.5 Å². The highest BCUT2D eigenvalue weighted by molar-refractivity contribution is 9.10. The summed E-state index contributed by atoms with van der Waals surface area (Å²) in [6.45, 7) is 3.78. The Bertz CT molecular complexity index is 823. The molecule has 0 unspecified atom stereocenters. The molecule has 142 valence electrons. The Morgan fingerprint density at radius 3 is 2.70 bits per heavy atom. The van der Waals surface area contributed by atoms with E-state index in [1.807, 2.05) is 42.5 Å². The van der Waals surface area contributed by atoms with Crippen LogP contribution >= 0.6 is 15.9 Å². The summed E-state index contributed by atoms with van der Waals surface area (Å²) in [6, 6.07) is 13.4. The largest absolute Gasteiger partial charge is 0.454 e. The van der Waals surface area contributed by atoms with Crippen LogP contribution in [0.15, 0.2) is 46.9 Å². The van der Waals surface area contributed by atoms with Crippen LogP contribution in [0.5, 0.6) is 11.5 Å². The summed E-state index contributed by atoms with van der Waals surface area (Å²) in [5, 5.41) is 3.08. The Labute approximate surface area is 166 Å². The lowest BCUT2D eigenvalue weighted by Crippen LogP contribution is -2.43. The van der Waals surface area contributed by atoms with E-state index in [1.54, 1.807) is 0 Å². The van der Waals surface area contributed by atoms with E-state index < -0.39 is 0 Å². The molecule has 0 aromatic heterocycles. The van der Waals surface area contributed by atoms with E-state index in [1.165, 1.54) is 0 Å². The fourth-order valence-corrected chi connectivity index (χ4v) is 3.86. The summed E-state index contributed by atoms with van der Waals surface area (Å²) in [5.74, 6) is 1.42. The number of morpholine rings is 1. The third kappa shape index (κ3) is 4.10. The maximum Gasteiger partial charge on any atom is 0.252 e. The summed E-state index contributed by atoms with van der Waals surface area (Å²) in [4.78, 5) is 15.0. The van der Waals surface area contributed by atoms with Crippen molar-refractivity contribution in [2.75, 3.05) is 39.6 Å². The lowest BCUT2D eigenvalue weighted by Gasteiger charge is -2.35. The summed E-state index contributed by atoms with van der Waals surface area (Å²) >= 11 is 3.44. The fourth-order valence-electron chi connectivity index (χ4n) is 3.40. The highest BCUT2D eigenvalue weighted by atomic mass is 79.9. The third-order valence-electron chi connectivity index (χ3n) is 4.84. The molecule has 0 saturated carbocycles. The van der Waals surface area contributed by atoms with Crippen LogP contribution < -0.4 is 14.8 Å². The Kier molecular flexibility index (Phi) is 5.61. The van der Waals surface area contributed by atoms with Crippen LogP contribution in [0.4, 0.5) is 0 Å². The minimum atomic E-state index is -0.0959. The molecule has 2 aliphatic heterocycles. The number of hydrogen-bond donors (Lipinski definition) is 1. The lowest BCUT2D eigenvalue weighted by atomic mass is 10.0. The van der Waals surface area contributed by atoms with Crippen LogP contribution in [0.25, 0.3) is 0 Å². The average molecular weight is 433 g/mol. The van der Waals surface area contributed by atoms with Gasteiger partial charge in [-0.2, -0.15) is 0 Å². The number of fused-ring (bicyclic) bond motifs is 1. The molecular weight excluding hydrogens is 412 g/mol. The van der Waals surface area contributed by atoms with Gasteiger partial charge in [0.2, 0.25) is 6.79 Å². The molecule has 27 heavy (non-hydrogen) atoms. The van der Waals surface area contributed by atoms with Gasteiger partial charge in [-0.25, -0.2) is 0 Å². The van der Waals surface area contributed by atoms with Gasteiger partial charge in [-0.15, -0.1) is 0 Å². The van der Waals surface area contributed by atoms with Crippen molar-refractivity contribution in [2.45, 2.75) is 6.04 Å². The third-order valence-corrected chi connectivity index (χ3v) is 5.53. The van der Waals surface area contributed by atoms with E-state index in [0.29, 0.717) is 25.3 Å². The Balaban J connectivity index is 1.53. The van der Waals surface area contributed by atoms with Crippen molar-refractivity contribution >= 4 is 21.8 Å². The smallest absolute Gasteiger partial charge is 0.252 e. The quantitative estimate of drug-likeness (QED) is 0.786. The molecule has 0 aliphatic carbocycles. The zero-order valence-corrected chi connectivity index (χ0v) is 16.4. The Morgan fingerprint density at radius 2 is 1.89 bits per heavy atom. The van der Waals surface area contributed by atoms with Gasteiger partial charge < -0.3 is 19.5 Å². The van der Waals surface area contributed by atoms with Gasteiger partial charge in [-0.3, -0.25) is 9.69 Å². The van der Waals surface area contributed by atoms with Gasteiger partial charge in [0.05, 0.1) is 24.8 Å². The van der Waals surface area contributed by atoms with E-state index in [2.05, 4.69) is 26.1 Å². The molecule has 2 heterocycles. The van der Waals surface area contributed by atoms with Gasteiger partial charge in [0.1, 0.15) is 0 Å². The van der Waals surface area contributed by atoms with Crippen LogP contribution in [0.3, 0.4) is 0 Å². The van der Waals surface area contributed by atoms with Gasteiger partial charge in [-0.1, -0.05) is 18.2 Å². The van der Waals surface area contributed by atoms with E-state index >= 15 is 0 Å². The van der Waals surface area contributed by atoms with Crippen molar-refractivity contribution < 1.29 is 19.0 Å². The van der Waals surface area contributed by atoms with E-state index in [-0.39, 0.29) is 18.7 Å². The zero-order valence-electron chi connectivity index (χ0n) is 14.8. The van der Waals surface area contributed by atoms with Crippen molar-refractivity contribution in [3.63, 3.8) is 0 Å². The first-order chi connectivity index (χ1) is 13.2. The molecule has 0 radical (unpaired) electrons. The van der Waals surface area contributed by atoms with Gasteiger partial charge in [-0.05, 0) is 45.8 Å². The molecule has 1 fully saturated rings. The molecule has 1 N–H and O–H groups in total. The highest BCUT2D eigenvalue weighted by Gasteiger charge is 2.25. The zero-order chi connectivity index (χ0) is 18.6.